The van der Waals surface area contributed by atoms with Gasteiger partial charge in [0.05, 0.1) is 15.8 Å². The lowest BCUT2D eigenvalue weighted by Crippen LogP contribution is -2.11. The van der Waals surface area contributed by atoms with Crippen molar-refractivity contribution in [2.24, 2.45) is 0 Å². The van der Waals surface area contributed by atoms with E-state index in [4.69, 9.17) is 4.74 Å². The van der Waals surface area contributed by atoms with Crippen LogP contribution < -0.4 is 10.1 Å². The summed E-state index contributed by atoms with van der Waals surface area (Å²) in [4.78, 5) is 17.5. The van der Waals surface area contributed by atoms with Gasteiger partial charge in [0.25, 0.3) is 5.91 Å². The van der Waals surface area contributed by atoms with E-state index in [0.29, 0.717) is 33.3 Å². The van der Waals surface area contributed by atoms with Gasteiger partial charge in [-0.3, -0.25) is 4.79 Å². The number of aromatic hydroxyl groups is 1. The van der Waals surface area contributed by atoms with Gasteiger partial charge in [0, 0.05) is 11.3 Å². The third kappa shape index (κ3) is 4.17. The van der Waals surface area contributed by atoms with Crippen LogP contribution in [-0.4, -0.2) is 16.0 Å². The van der Waals surface area contributed by atoms with Crippen LogP contribution >= 0.6 is 11.3 Å². The van der Waals surface area contributed by atoms with Gasteiger partial charge in [-0.25, -0.2) is 4.98 Å². The van der Waals surface area contributed by atoms with E-state index >= 15 is 0 Å². The average Bonchev–Trinajstić information content (AvgIpc) is 3.25. The summed E-state index contributed by atoms with van der Waals surface area (Å²) in [5.41, 5.74) is 2.48. The summed E-state index contributed by atoms with van der Waals surface area (Å²) < 4.78 is 6.85. The van der Waals surface area contributed by atoms with Crippen molar-refractivity contribution in [2.45, 2.75) is 0 Å². The van der Waals surface area contributed by atoms with E-state index in [9.17, 15) is 9.90 Å². The number of phenolic OH excluding ortho intramolecular Hbond substituents is 1. The first-order valence-electron chi connectivity index (χ1n) is 9.99. The molecule has 2 N–H and O–H groups in total. The zero-order chi connectivity index (χ0) is 21.9. The Labute approximate surface area is 188 Å². The number of amides is 1. The third-order valence-electron chi connectivity index (χ3n) is 4.85. The second kappa shape index (κ2) is 8.53. The highest BCUT2D eigenvalue weighted by molar-refractivity contribution is 7.21. The molecule has 0 unspecified atom stereocenters. The van der Waals surface area contributed by atoms with Gasteiger partial charge < -0.3 is 15.2 Å². The van der Waals surface area contributed by atoms with Crippen molar-refractivity contribution in [3.63, 3.8) is 0 Å². The maximum absolute atomic E-state index is 12.9. The first kappa shape index (κ1) is 19.8. The van der Waals surface area contributed by atoms with Gasteiger partial charge in [-0.1, -0.05) is 36.4 Å². The monoisotopic (exact) mass is 438 g/mol. The molecule has 4 aromatic carbocycles. The van der Waals surface area contributed by atoms with Crippen molar-refractivity contribution in [3.8, 4) is 27.8 Å². The smallest absolute Gasteiger partial charge is 0.255 e. The van der Waals surface area contributed by atoms with Crippen molar-refractivity contribution in [3.05, 3.63) is 103 Å². The number of nitrogens with zero attached hydrogens (tertiary/aromatic N) is 1. The van der Waals surface area contributed by atoms with E-state index in [1.165, 1.54) is 11.3 Å². The molecule has 1 amide bonds. The second-order valence-electron chi connectivity index (χ2n) is 7.12. The minimum atomic E-state index is -0.274. The Morgan fingerprint density at radius 1 is 0.844 bits per heavy atom. The van der Waals surface area contributed by atoms with E-state index < -0.39 is 0 Å². The Morgan fingerprint density at radius 3 is 2.47 bits per heavy atom. The summed E-state index contributed by atoms with van der Waals surface area (Å²) in [6.45, 7) is 0. The van der Waals surface area contributed by atoms with Gasteiger partial charge in [0.15, 0.2) is 0 Å². The zero-order valence-corrected chi connectivity index (χ0v) is 17.7. The largest absolute Gasteiger partial charge is 0.507 e. The number of aromatic nitrogens is 1. The number of carbonyl (C=O) groups is 1. The van der Waals surface area contributed by atoms with Gasteiger partial charge in [-0.15, -0.1) is 11.3 Å². The lowest BCUT2D eigenvalue weighted by atomic mass is 10.1. The van der Waals surface area contributed by atoms with Crippen LogP contribution in [0.1, 0.15) is 10.4 Å². The molecule has 1 aromatic heterocycles. The van der Waals surface area contributed by atoms with E-state index in [-0.39, 0.29) is 11.7 Å². The van der Waals surface area contributed by atoms with Crippen molar-refractivity contribution in [1.82, 2.24) is 4.98 Å². The lowest BCUT2D eigenvalue weighted by molar-refractivity contribution is 0.102. The molecule has 32 heavy (non-hydrogen) atoms. The molecule has 6 heteroatoms. The SMILES string of the molecule is O=C(Nc1ccc(O)c(-c2nc3ccccc3s2)c1)c1cccc(Oc2ccccc2)c1. The number of para-hydroxylation sites is 2. The summed E-state index contributed by atoms with van der Waals surface area (Å²) >= 11 is 1.49. The number of nitrogens with one attached hydrogen (secondary N) is 1. The predicted octanol–water partition coefficient (Wildman–Crippen LogP) is 6.71. The summed E-state index contributed by atoms with van der Waals surface area (Å²) in [5.74, 6) is 1.11. The number of thiazole rings is 1. The second-order valence-corrected chi connectivity index (χ2v) is 8.15. The molecule has 0 aliphatic heterocycles. The van der Waals surface area contributed by atoms with Crippen LogP contribution in [0.15, 0.2) is 97.1 Å². The summed E-state index contributed by atoms with van der Waals surface area (Å²) in [7, 11) is 0. The first-order chi connectivity index (χ1) is 15.7. The number of ether oxygens (including phenoxy) is 1. The minimum Gasteiger partial charge on any atom is -0.507 e. The van der Waals surface area contributed by atoms with Gasteiger partial charge in [0.1, 0.15) is 22.3 Å². The maximum atomic E-state index is 12.9. The van der Waals surface area contributed by atoms with E-state index in [1.54, 1.807) is 42.5 Å². The van der Waals surface area contributed by atoms with Crippen molar-refractivity contribution < 1.29 is 14.6 Å². The molecular weight excluding hydrogens is 420 g/mol. The van der Waals surface area contributed by atoms with Crippen LogP contribution in [0, 0.1) is 0 Å². The molecule has 0 aliphatic carbocycles. The summed E-state index contributed by atoms with van der Waals surface area (Å²) in [6.07, 6.45) is 0. The number of hydrogen-bond acceptors (Lipinski definition) is 5. The predicted molar refractivity (Wildman–Crippen MR) is 128 cm³/mol. The van der Waals surface area contributed by atoms with E-state index in [0.717, 1.165) is 10.2 Å². The Bertz CT molecular complexity index is 1380. The quantitative estimate of drug-likeness (QED) is 0.299. The number of hydrogen-bond donors (Lipinski definition) is 2. The Hall–Kier alpha value is -4.16. The van der Waals surface area contributed by atoms with E-state index in [1.807, 2.05) is 54.6 Å². The first-order valence-corrected chi connectivity index (χ1v) is 10.8. The molecule has 0 atom stereocenters. The lowest BCUT2D eigenvalue weighted by Gasteiger charge is -2.10. The number of carbonyl (C=O) groups excluding carboxylic acids is 1. The molecule has 5 rings (SSSR count). The van der Waals surface area contributed by atoms with Crippen LogP contribution in [0.4, 0.5) is 5.69 Å². The molecule has 156 valence electrons. The van der Waals surface area contributed by atoms with E-state index in [2.05, 4.69) is 10.3 Å². The Balaban J connectivity index is 1.38. The molecule has 0 bridgehead atoms. The fraction of sp³-hybridized carbons (Fsp3) is 0. The number of rotatable bonds is 5. The Kier molecular flexibility index (Phi) is 5.27. The van der Waals surface area contributed by atoms with Crippen LogP contribution in [0.25, 0.3) is 20.8 Å². The van der Waals surface area contributed by atoms with Gasteiger partial charge in [0.2, 0.25) is 0 Å². The normalized spacial score (nSPS) is 10.8. The maximum Gasteiger partial charge on any atom is 0.255 e. The molecule has 1 heterocycles. The van der Waals surface area contributed by atoms with Crippen LogP contribution in [0.2, 0.25) is 0 Å². The summed E-state index contributed by atoms with van der Waals surface area (Å²) in [6, 6.07) is 29.2. The highest BCUT2D eigenvalue weighted by atomic mass is 32.1. The van der Waals surface area contributed by atoms with Crippen LogP contribution in [0.5, 0.6) is 17.2 Å². The topological polar surface area (TPSA) is 71.5 Å². The fourth-order valence-corrected chi connectivity index (χ4v) is 4.29. The molecule has 0 fully saturated rings. The highest BCUT2D eigenvalue weighted by Crippen LogP contribution is 2.36. The number of fused-ring (bicyclic) bond motifs is 1. The van der Waals surface area contributed by atoms with Crippen LogP contribution in [0.3, 0.4) is 0 Å². The molecule has 5 nitrogen and oxygen atoms in total. The standard InChI is InChI=1S/C26H18N2O3S/c29-23-14-13-18(16-21(23)26-28-22-11-4-5-12-24(22)32-26)27-25(30)17-7-6-10-20(15-17)31-19-8-2-1-3-9-19/h1-16,29H,(H,27,30). The Morgan fingerprint density at radius 2 is 1.62 bits per heavy atom. The molecule has 5 aromatic rings. The number of benzene rings is 4. The average molecular weight is 439 g/mol. The van der Waals surface area contributed by atoms with Crippen molar-refractivity contribution in [2.75, 3.05) is 5.32 Å². The molecule has 0 aliphatic rings. The fourth-order valence-electron chi connectivity index (χ4n) is 3.30. The van der Waals surface area contributed by atoms with Crippen molar-refractivity contribution in [1.29, 1.82) is 0 Å². The van der Waals surface area contributed by atoms with Gasteiger partial charge in [-0.05, 0) is 60.7 Å². The van der Waals surface area contributed by atoms with Crippen LogP contribution in [-0.2, 0) is 0 Å². The molecule has 0 saturated heterocycles. The summed E-state index contributed by atoms with van der Waals surface area (Å²) in [5, 5.41) is 14.0. The number of phenols is 1. The third-order valence-corrected chi connectivity index (χ3v) is 5.92. The molecule has 0 radical (unpaired) electrons. The molecular formula is C26H18N2O3S. The molecule has 0 saturated carbocycles. The van der Waals surface area contributed by atoms with Crippen molar-refractivity contribution >= 4 is 33.1 Å². The van der Waals surface area contributed by atoms with Gasteiger partial charge in [-0.2, -0.15) is 0 Å². The number of anilines is 1. The van der Waals surface area contributed by atoms with Gasteiger partial charge >= 0.3 is 0 Å². The zero-order valence-electron chi connectivity index (χ0n) is 16.9. The molecule has 0 spiro atoms. The highest BCUT2D eigenvalue weighted by Gasteiger charge is 2.13. The minimum absolute atomic E-state index is 0.111.